The molecule has 1 amide bonds. The molecule has 0 bridgehead atoms. The molecule has 0 saturated carbocycles. The quantitative estimate of drug-likeness (QED) is 0.251. The van der Waals surface area contributed by atoms with Gasteiger partial charge in [0.25, 0.3) is 11.5 Å². The molecular weight excluding hydrogens is 672 g/mol. The van der Waals surface area contributed by atoms with Crippen molar-refractivity contribution in [2.24, 2.45) is 7.05 Å². The van der Waals surface area contributed by atoms with E-state index >= 15 is 4.39 Å². The predicted octanol–water partition coefficient (Wildman–Crippen LogP) is 5.06. The van der Waals surface area contributed by atoms with Gasteiger partial charge in [0, 0.05) is 68.9 Å². The molecule has 1 aliphatic carbocycles. The summed E-state index contributed by atoms with van der Waals surface area (Å²) in [6, 6.07) is 8.72. The summed E-state index contributed by atoms with van der Waals surface area (Å²) in [5.74, 6) is -0.713. The zero-order valence-electron chi connectivity index (χ0n) is 28.9. The van der Waals surface area contributed by atoms with Gasteiger partial charge >= 0.3 is 5.97 Å². The first-order chi connectivity index (χ1) is 24.7. The number of amides is 1. The Morgan fingerprint density at radius 3 is 2.57 bits per heavy atom. The van der Waals surface area contributed by atoms with Gasteiger partial charge in [-0.3, -0.25) is 19.3 Å². The molecular formula is C38H41FN6O5S. The maximum absolute atomic E-state index is 15.6. The Morgan fingerprint density at radius 2 is 1.84 bits per heavy atom. The van der Waals surface area contributed by atoms with Gasteiger partial charge in [-0.05, 0) is 79.1 Å². The molecule has 51 heavy (non-hydrogen) atoms. The lowest BCUT2D eigenvalue weighted by Gasteiger charge is -2.43. The molecule has 4 aromatic rings. The second-order valence-electron chi connectivity index (χ2n) is 13.8. The van der Waals surface area contributed by atoms with E-state index in [2.05, 4.69) is 20.1 Å². The number of hydrogen-bond acceptors (Lipinski definition) is 10. The number of nitrogens with one attached hydrogen (secondary N) is 1. The largest absolute Gasteiger partial charge is 0.461 e. The standard InChI is InChI=1S/C38H41FN6O5S/c1-23(46)50-22-31-30(16-25(39)17-33(31)45-10-9-29-28-5-3-4-6-34(28)51-36(29)38(45)48)24-15-32(37(47)42(2)19-24)41-35-8-7-26(18-40-35)43-11-13-44(14-12-43)27-20-49-21-27/h7-8,15-19,27H,3-6,9-14,20-22H2,1-2H3,(H,40,41). The summed E-state index contributed by atoms with van der Waals surface area (Å²) in [6.45, 7) is 6.90. The highest BCUT2D eigenvalue weighted by molar-refractivity contribution is 7.14. The Balaban J connectivity index is 1.09. The van der Waals surface area contributed by atoms with Crippen molar-refractivity contribution < 1.29 is 23.5 Å². The molecule has 4 aliphatic rings. The molecule has 266 valence electrons. The summed E-state index contributed by atoms with van der Waals surface area (Å²) in [5.41, 5.74) is 5.20. The third kappa shape index (κ3) is 6.54. The highest BCUT2D eigenvalue weighted by atomic mass is 32.1. The van der Waals surface area contributed by atoms with Crippen LogP contribution in [0.3, 0.4) is 0 Å². The minimum atomic E-state index is -0.543. The topological polar surface area (TPSA) is 109 Å². The van der Waals surface area contributed by atoms with Crippen LogP contribution in [0.4, 0.5) is 27.3 Å². The van der Waals surface area contributed by atoms with Gasteiger partial charge in [-0.2, -0.15) is 0 Å². The number of rotatable bonds is 8. The van der Waals surface area contributed by atoms with Gasteiger partial charge in [-0.25, -0.2) is 9.37 Å². The third-order valence-corrected chi connectivity index (χ3v) is 11.9. The Labute approximate surface area is 299 Å². The van der Waals surface area contributed by atoms with Crippen molar-refractivity contribution in [1.82, 2.24) is 14.5 Å². The molecule has 0 atom stereocenters. The molecule has 1 N–H and O–H groups in total. The lowest BCUT2D eigenvalue weighted by atomic mass is 9.91. The fourth-order valence-electron chi connectivity index (χ4n) is 7.71. The molecule has 3 aliphatic heterocycles. The van der Waals surface area contributed by atoms with Crippen LogP contribution in [-0.4, -0.2) is 78.3 Å². The number of ether oxygens (including phenoxy) is 2. The molecule has 3 aromatic heterocycles. The zero-order chi connectivity index (χ0) is 35.2. The maximum Gasteiger partial charge on any atom is 0.302 e. The number of esters is 1. The van der Waals surface area contributed by atoms with Crippen LogP contribution in [0.2, 0.25) is 0 Å². The number of benzene rings is 1. The summed E-state index contributed by atoms with van der Waals surface area (Å²) < 4.78 is 27.9. The van der Waals surface area contributed by atoms with Crippen LogP contribution in [0.1, 0.15) is 51.0 Å². The molecule has 2 saturated heterocycles. The summed E-state index contributed by atoms with van der Waals surface area (Å²) >= 11 is 1.56. The molecule has 0 unspecified atom stereocenters. The van der Waals surface area contributed by atoms with Crippen LogP contribution in [0.5, 0.6) is 0 Å². The van der Waals surface area contributed by atoms with Crippen molar-refractivity contribution in [2.45, 2.75) is 51.7 Å². The van der Waals surface area contributed by atoms with Crippen molar-refractivity contribution in [1.29, 1.82) is 0 Å². The van der Waals surface area contributed by atoms with Crippen molar-refractivity contribution in [2.75, 3.05) is 61.1 Å². The van der Waals surface area contributed by atoms with Gasteiger partial charge in [0.05, 0.1) is 41.7 Å². The van der Waals surface area contributed by atoms with Crippen LogP contribution in [0, 0.1) is 5.82 Å². The van der Waals surface area contributed by atoms with E-state index in [9.17, 15) is 14.4 Å². The van der Waals surface area contributed by atoms with E-state index in [0.717, 1.165) is 81.2 Å². The Hall–Kier alpha value is -4.59. The first-order valence-electron chi connectivity index (χ1n) is 17.7. The molecule has 13 heteroatoms. The highest BCUT2D eigenvalue weighted by Gasteiger charge is 2.34. The zero-order valence-corrected chi connectivity index (χ0v) is 29.7. The van der Waals surface area contributed by atoms with E-state index in [1.807, 2.05) is 12.1 Å². The molecule has 11 nitrogen and oxygen atoms in total. The fraction of sp³-hybridized carbons (Fsp3) is 0.421. The highest BCUT2D eigenvalue weighted by Crippen LogP contribution is 2.41. The second-order valence-corrected chi connectivity index (χ2v) is 14.9. The molecule has 1 aromatic carbocycles. The van der Waals surface area contributed by atoms with Crippen molar-refractivity contribution >= 4 is 46.1 Å². The number of aromatic nitrogens is 2. The Bertz CT molecular complexity index is 2050. The number of fused-ring (bicyclic) bond motifs is 3. The van der Waals surface area contributed by atoms with Gasteiger partial charge in [0.2, 0.25) is 0 Å². The first-order valence-corrected chi connectivity index (χ1v) is 18.5. The molecule has 2 fully saturated rings. The van der Waals surface area contributed by atoms with Gasteiger partial charge in [0.1, 0.15) is 23.9 Å². The van der Waals surface area contributed by atoms with Crippen LogP contribution < -0.4 is 20.7 Å². The van der Waals surface area contributed by atoms with Gasteiger partial charge < -0.3 is 29.2 Å². The van der Waals surface area contributed by atoms with E-state index < -0.39 is 11.8 Å². The van der Waals surface area contributed by atoms with Crippen LogP contribution in [0.25, 0.3) is 11.1 Å². The average Bonchev–Trinajstić information content (AvgIpc) is 3.49. The number of aryl methyl sites for hydroxylation is 2. The lowest BCUT2D eigenvalue weighted by molar-refractivity contribution is -0.142. The van der Waals surface area contributed by atoms with Gasteiger partial charge in [-0.1, -0.05) is 0 Å². The van der Waals surface area contributed by atoms with Crippen molar-refractivity contribution in [3.05, 3.63) is 85.3 Å². The second kappa shape index (κ2) is 13.9. The number of halogens is 1. The van der Waals surface area contributed by atoms with Crippen LogP contribution >= 0.6 is 11.3 Å². The van der Waals surface area contributed by atoms with Crippen molar-refractivity contribution in [3.8, 4) is 11.1 Å². The number of hydrogen-bond donors (Lipinski definition) is 1. The van der Waals surface area contributed by atoms with Gasteiger partial charge in [0.15, 0.2) is 0 Å². The summed E-state index contributed by atoms with van der Waals surface area (Å²) in [5, 5.41) is 3.17. The summed E-state index contributed by atoms with van der Waals surface area (Å²) in [6.07, 6.45) is 8.33. The number of carbonyl (C=O) groups excluding carboxylic acids is 2. The minimum Gasteiger partial charge on any atom is -0.461 e. The number of carbonyl (C=O) groups is 2. The monoisotopic (exact) mass is 712 g/mol. The number of pyridine rings is 2. The number of thiophene rings is 1. The van der Waals surface area contributed by atoms with Gasteiger partial charge in [-0.15, -0.1) is 11.3 Å². The van der Waals surface area contributed by atoms with E-state index in [0.29, 0.717) is 47.2 Å². The maximum atomic E-state index is 15.6. The lowest BCUT2D eigenvalue weighted by Crippen LogP contribution is -2.56. The Morgan fingerprint density at radius 1 is 1.04 bits per heavy atom. The number of nitrogens with zero attached hydrogens (tertiary/aromatic N) is 5. The SMILES string of the molecule is CC(=O)OCc1c(-c2cc(Nc3ccc(N4CCN(C5COC5)CC4)cn3)c(=O)n(C)c2)cc(F)cc1N1CCc2c(sc3c2CCCC3)C1=O. The third-order valence-electron chi connectivity index (χ3n) is 10.5. The van der Waals surface area contributed by atoms with Crippen LogP contribution in [-0.2, 0) is 47.2 Å². The minimum absolute atomic E-state index is 0.163. The summed E-state index contributed by atoms with van der Waals surface area (Å²) in [7, 11) is 1.63. The van der Waals surface area contributed by atoms with E-state index in [-0.39, 0.29) is 23.8 Å². The smallest absolute Gasteiger partial charge is 0.302 e. The Kier molecular flexibility index (Phi) is 9.11. The number of piperazine rings is 1. The van der Waals surface area contributed by atoms with Crippen LogP contribution in [0.15, 0.2) is 47.5 Å². The van der Waals surface area contributed by atoms with Crippen molar-refractivity contribution in [3.63, 3.8) is 0 Å². The molecule has 6 heterocycles. The molecule has 8 rings (SSSR count). The first kappa shape index (κ1) is 33.5. The fourth-order valence-corrected chi connectivity index (χ4v) is 9.09. The van der Waals surface area contributed by atoms with E-state index in [1.54, 1.807) is 41.7 Å². The molecule has 0 spiro atoms. The predicted molar refractivity (Wildman–Crippen MR) is 195 cm³/mol. The normalized spacial score (nSPS) is 17.9. The summed E-state index contributed by atoms with van der Waals surface area (Å²) in [4.78, 5) is 52.5. The van der Waals surface area contributed by atoms with E-state index in [1.165, 1.54) is 34.1 Å². The average molecular weight is 713 g/mol. The number of anilines is 4. The van der Waals surface area contributed by atoms with E-state index in [4.69, 9.17) is 9.47 Å². The molecule has 0 radical (unpaired) electrons.